The molecule has 25 heavy (non-hydrogen) atoms. The van der Waals surface area contributed by atoms with E-state index in [1.807, 2.05) is 30.3 Å². The second-order valence-corrected chi connectivity index (χ2v) is 5.62. The third-order valence-corrected chi connectivity index (χ3v) is 3.84. The van der Waals surface area contributed by atoms with E-state index in [1.54, 1.807) is 0 Å². The van der Waals surface area contributed by atoms with E-state index in [0.717, 1.165) is 17.7 Å². The number of benzene rings is 2. The summed E-state index contributed by atoms with van der Waals surface area (Å²) in [4.78, 5) is 11.3. The van der Waals surface area contributed by atoms with Crippen molar-refractivity contribution < 1.29 is 27.4 Å². The highest BCUT2D eigenvalue weighted by atomic mass is 19.4. The minimum absolute atomic E-state index is 0.0790. The van der Waals surface area contributed by atoms with Crippen LogP contribution in [-0.2, 0) is 15.7 Å². The fourth-order valence-electron chi connectivity index (χ4n) is 2.57. The molecule has 1 aliphatic rings. The summed E-state index contributed by atoms with van der Waals surface area (Å²) in [5, 5.41) is 2.70. The molecule has 1 amide bonds. The van der Waals surface area contributed by atoms with Crippen molar-refractivity contribution in [3.63, 3.8) is 0 Å². The van der Waals surface area contributed by atoms with Crippen molar-refractivity contribution in [2.75, 3.05) is 13.2 Å². The monoisotopic (exact) mass is 351 g/mol. The van der Waals surface area contributed by atoms with Crippen molar-refractivity contribution >= 4 is 5.91 Å². The minimum atomic E-state index is -4.39. The molecule has 4 nitrogen and oxygen atoms in total. The molecule has 0 aliphatic carbocycles. The Balaban J connectivity index is 1.81. The van der Waals surface area contributed by atoms with Gasteiger partial charge in [0.2, 0.25) is 5.91 Å². The summed E-state index contributed by atoms with van der Waals surface area (Å²) in [6, 6.07) is 13.7. The summed E-state index contributed by atoms with van der Waals surface area (Å²) < 4.78 is 49.5. The second-order valence-electron chi connectivity index (χ2n) is 5.62. The minimum Gasteiger partial charge on any atom is -0.483 e. The average Bonchev–Trinajstić information content (AvgIpc) is 2.61. The van der Waals surface area contributed by atoms with Crippen LogP contribution in [0.3, 0.4) is 0 Å². The number of alkyl halides is 3. The van der Waals surface area contributed by atoms with Gasteiger partial charge in [-0.1, -0.05) is 30.3 Å². The molecule has 3 rings (SSSR count). The standard InChI is InChI=1S/C18H16F3NO3/c19-18(20,21)13-6-8-14(9-7-13)25-17(12-4-2-1-3-5-12)15-10-22-16(23)11-24-15/h1-9,15,17H,10-11H2,(H,22,23). The number of amides is 1. The van der Waals surface area contributed by atoms with Crippen LogP contribution in [0.2, 0.25) is 0 Å². The van der Waals surface area contributed by atoms with Crippen LogP contribution < -0.4 is 10.1 Å². The van der Waals surface area contributed by atoms with E-state index in [0.29, 0.717) is 5.75 Å². The number of ether oxygens (including phenoxy) is 2. The molecule has 132 valence electrons. The normalized spacial score (nSPS) is 19.2. The van der Waals surface area contributed by atoms with Crippen molar-refractivity contribution in [1.82, 2.24) is 5.32 Å². The van der Waals surface area contributed by atoms with Crippen LogP contribution in [-0.4, -0.2) is 25.2 Å². The number of hydrogen-bond acceptors (Lipinski definition) is 3. The molecule has 0 radical (unpaired) electrons. The first-order valence-electron chi connectivity index (χ1n) is 7.70. The molecule has 1 fully saturated rings. The Hall–Kier alpha value is -2.54. The first-order valence-corrected chi connectivity index (χ1v) is 7.70. The first kappa shape index (κ1) is 17.3. The lowest BCUT2D eigenvalue weighted by Gasteiger charge is -2.31. The van der Waals surface area contributed by atoms with Crippen LogP contribution in [0, 0.1) is 0 Å². The van der Waals surface area contributed by atoms with E-state index in [4.69, 9.17) is 9.47 Å². The maximum absolute atomic E-state index is 12.7. The number of nitrogens with one attached hydrogen (secondary N) is 1. The van der Waals surface area contributed by atoms with Crippen molar-refractivity contribution in [2.24, 2.45) is 0 Å². The van der Waals surface area contributed by atoms with E-state index in [-0.39, 0.29) is 19.1 Å². The van der Waals surface area contributed by atoms with Gasteiger partial charge in [-0.05, 0) is 29.8 Å². The molecule has 0 aromatic heterocycles. The quantitative estimate of drug-likeness (QED) is 0.919. The van der Waals surface area contributed by atoms with Gasteiger partial charge in [0, 0.05) is 6.54 Å². The fourth-order valence-corrected chi connectivity index (χ4v) is 2.57. The van der Waals surface area contributed by atoms with Crippen LogP contribution in [0.15, 0.2) is 54.6 Å². The molecule has 2 aromatic rings. The molecule has 2 aromatic carbocycles. The lowest BCUT2D eigenvalue weighted by molar-refractivity contribution is -0.137. The highest BCUT2D eigenvalue weighted by molar-refractivity contribution is 5.77. The van der Waals surface area contributed by atoms with E-state index in [9.17, 15) is 18.0 Å². The van der Waals surface area contributed by atoms with E-state index in [1.165, 1.54) is 12.1 Å². The third-order valence-electron chi connectivity index (χ3n) is 3.84. The molecule has 0 spiro atoms. The maximum Gasteiger partial charge on any atom is 0.416 e. The third kappa shape index (κ3) is 4.30. The summed E-state index contributed by atoms with van der Waals surface area (Å²) >= 11 is 0. The number of rotatable bonds is 4. The zero-order valence-corrected chi connectivity index (χ0v) is 13.1. The number of carbonyl (C=O) groups is 1. The molecule has 0 bridgehead atoms. The molecular formula is C18H16F3NO3. The molecule has 1 aliphatic heterocycles. The van der Waals surface area contributed by atoms with Crippen molar-refractivity contribution in [3.8, 4) is 5.75 Å². The Kier molecular flexibility index (Phi) is 4.94. The zero-order valence-electron chi connectivity index (χ0n) is 13.1. The summed E-state index contributed by atoms with van der Waals surface area (Å²) in [7, 11) is 0. The predicted molar refractivity (Wildman–Crippen MR) is 84.0 cm³/mol. The Morgan fingerprint density at radius 2 is 1.76 bits per heavy atom. The highest BCUT2D eigenvalue weighted by Crippen LogP contribution is 2.32. The summed E-state index contributed by atoms with van der Waals surface area (Å²) in [5.41, 5.74) is 0.0702. The van der Waals surface area contributed by atoms with Gasteiger partial charge in [0.15, 0.2) is 6.10 Å². The van der Waals surface area contributed by atoms with Crippen molar-refractivity contribution in [1.29, 1.82) is 0 Å². The van der Waals surface area contributed by atoms with Gasteiger partial charge < -0.3 is 14.8 Å². The number of hydrogen-bond donors (Lipinski definition) is 1. The molecule has 2 unspecified atom stereocenters. The van der Waals surface area contributed by atoms with Gasteiger partial charge in [0.1, 0.15) is 18.5 Å². The van der Waals surface area contributed by atoms with Gasteiger partial charge in [0.05, 0.1) is 5.56 Å². The van der Waals surface area contributed by atoms with E-state index >= 15 is 0 Å². The first-order chi connectivity index (χ1) is 11.9. The number of morpholine rings is 1. The smallest absolute Gasteiger partial charge is 0.416 e. The average molecular weight is 351 g/mol. The van der Waals surface area contributed by atoms with Crippen LogP contribution >= 0.6 is 0 Å². The molecule has 1 saturated heterocycles. The molecule has 0 saturated carbocycles. The summed E-state index contributed by atoms with van der Waals surface area (Å²) in [6.45, 7) is 0.184. The second kappa shape index (κ2) is 7.14. The molecular weight excluding hydrogens is 335 g/mol. The Labute approximate surface area is 142 Å². The maximum atomic E-state index is 12.7. The van der Waals surface area contributed by atoms with Crippen molar-refractivity contribution in [2.45, 2.75) is 18.4 Å². The van der Waals surface area contributed by atoms with Gasteiger partial charge in [0.25, 0.3) is 0 Å². The number of carbonyl (C=O) groups excluding carboxylic acids is 1. The van der Waals surface area contributed by atoms with Gasteiger partial charge in [-0.25, -0.2) is 0 Å². The summed E-state index contributed by atoms with van der Waals surface area (Å²) in [6.07, 6.45) is -5.39. The van der Waals surface area contributed by atoms with Gasteiger partial charge in [-0.15, -0.1) is 0 Å². The van der Waals surface area contributed by atoms with E-state index in [2.05, 4.69) is 5.32 Å². The van der Waals surface area contributed by atoms with Gasteiger partial charge >= 0.3 is 6.18 Å². The highest BCUT2D eigenvalue weighted by Gasteiger charge is 2.32. The van der Waals surface area contributed by atoms with Crippen molar-refractivity contribution in [3.05, 3.63) is 65.7 Å². The van der Waals surface area contributed by atoms with Gasteiger partial charge in [-0.2, -0.15) is 13.2 Å². The van der Waals surface area contributed by atoms with Crippen LogP contribution in [0.1, 0.15) is 17.2 Å². The van der Waals surface area contributed by atoms with Gasteiger partial charge in [-0.3, -0.25) is 4.79 Å². The Morgan fingerprint density at radius 1 is 1.08 bits per heavy atom. The molecule has 7 heteroatoms. The lowest BCUT2D eigenvalue weighted by atomic mass is 10.0. The summed E-state index contributed by atoms with van der Waals surface area (Å²) in [5.74, 6) is 0.0833. The molecule has 2 atom stereocenters. The van der Waals surface area contributed by atoms with Crippen LogP contribution in [0.5, 0.6) is 5.75 Å². The zero-order chi connectivity index (χ0) is 17.9. The molecule has 1 heterocycles. The SMILES string of the molecule is O=C1COC(C(Oc2ccc(C(F)(F)F)cc2)c2ccccc2)CN1. The van der Waals surface area contributed by atoms with Crippen LogP contribution in [0.4, 0.5) is 13.2 Å². The van der Waals surface area contributed by atoms with E-state index < -0.39 is 23.9 Å². The topological polar surface area (TPSA) is 47.6 Å². The molecule has 1 N–H and O–H groups in total. The lowest BCUT2D eigenvalue weighted by Crippen LogP contribution is -2.46. The predicted octanol–water partition coefficient (Wildman–Crippen LogP) is 3.34. The fraction of sp³-hybridized carbons (Fsp3) is 0.278. The Morgan fingerprint density at radius 3 is 2.32 bits per heavy atom. The van der Waals surface area contributed by atoms with Crippen LogP contribution in [0.25, 0.3) is 0 Å². The number of halogens is 3. The largest absolute Gasteiger partial charge is 0.483 e. The Bertz CT molecular complexity index is 707.